The normalized spacial score (nSPS) is 28.2. The molecule has 108 valence electrons. The number of rotatable bonds is 4. The summed E-state index contributed by atoms with van der Waals surface area (Å²) in [6.07, 6.45) is 5.79. The zero-order valence-corrected chi connectivity index (χ0v) is 12.4. The molecule has 0 aromatic rings. The van der Waals surface area contributed by atoms with Crippen molar-refractivity contribution >= 4 is 11.8 Å². The highest BCUT2D eigenvalue weighted by Crippen LogP contribution is 2.35. The summed E-state index contributed by atoms with van der Waals surface area (Å²) < 4.78 is 0. The molecule has 1 saturated heterocycles. The monoisotopic (exact) mass is 266 g/mol. The van der Waals surface area contributed by atoms with Crippen LogP contribution in [0.1, 0.15) is 59.3 Å². The van der Waals surface area contributed by atoms with Crippen LogP contribution in [0.2, 0.25) is 0 Å². The Kier molecular flexibility index (Phi) is 4.29. The van der Waals surface area contributed by atoms with Crippen LogP contribution in [-0.4, -0.2) is 35.3 Å². The number of carbonyl (C=O) groups excluding carboxylic acids is 2. The SMILES string of the molecule is CCCN1C(=O)CC(NC2CCC(C)(C)CC2)C1=O. The molecular formula is C15H26N2O2. The molecule has 1 N–H and O–H groups in total. The highest BCUT2D eigenvalue weighted by molar-refractivity contribution is 6.05. The Balaban J connectivity index is 1.87. The highest BCUT2D eigenvalue weighted by Gasteiger charge is 2.39. The molecular weight excluding hydrogens is 240 g/mol. The van der Waals surface area contributed by atoms with Gasteiger partial charge in [0.1, 0.15) is 0 Å². The average Bonchev–Trinajstić information content (AvgIpc) is 2.60. The van der Waals surface area contributed by atoms with E-state index in [2.05, 4.69) is 19.2 Å². The van der Waals surface area contributed by atoms with Crippen LogP contribution in [0, 0.1) is 5.41 Å². The summed E-state index contributed by atoms with van der Waals surface area (Å²) in [5, 5.41) is 3.41. The first kappa shape index (κ1) is 14.5. The zero-order valence-electron chi connectivity index (χ0n) is 12.4. The Morgan fingerprint density at radius 2 is 1.89 bits per heavy atom. The number of nitrogens with zero attached hydrogens (tertiary/aromatic N) is 1. The Morgan fingerprint density at radius 1 is 1.26 bits per heavy atom. The van der Waals surface area contributed by atoms with Crippen molar-refractivity contribution in [2.45, 2.75) is 71.4 Å². The lowest BCUT2D eigenvalue weighted by atomic mass is 9.75. The van der Waals surface area contributed by atoms with Gasteiger partial charge in [-0.15, -0.1) is 0 Å². The molecule has 2 aliphatic rings. The van der Waals surface area contributed by atoms with E-state index in [1.807, 2.05) is 6.92 Å². The van der Waals surface area contributed by atoms with Gasteiger partial charge in [-0.3, -0.25) is 14.5 Å². The largest absolute Gasteiger partial charge is 0.303 e. The van der Waals surface area contributed by atoms with Gasteiger partial charge in [0.05, 0.1) is 12.5 Å². The van der Waals surface area contributed by atoms with Crippen LogP contribution >= 0.6 is 0 Å². The van der Waals surface area contributed by atoms with E-state index in [-0.39, 0.29) is 17.9 Å². The lowest BCUT2D eigenvalue weighted by molar-refractivity contribution is -0.138. The molecule has 0 spiro atoms. The predicted molar refractivity (Wildman–Crippen MR) is 74.6 cm³/mol. The van der Waals surface area contributed by atoms with Gasteiger partial charge in [-0.1, -0.05) is 20.8 Å². The number of hydrogen-bond donors (Lipinski definition) is 1. The van der Waals surface area contributed by atoms with Crippen molar-refractivity contribution in [3.63, 3.8) is 0 Å². The minimum Gasteiger partial charge on any atom is -0.303 e. The van der Waals surface area contributed by atoms with Gasteiger partial charge < -0.3 is 5.32 Å². The van der Waals surface area contributed by atoms with E-state index in [4.69, 9.17) is 0 Å². The van der Waals surface area contributed by atoms with E-state index >= 15 is 0 Å². The standard InChI is InChI=1S/C15H26N2O2/c1-4-9-17-13(18)10-12(14(17)19)16-11-5-7-15(2,3)8-6-11/h11-12,16H,4-10H2,1-3H3. The lowest BCUT2D eigenvalue weighted by Gasteiger charge is -2.35. The predicted octanol–water partition coefficient (Wildman–Crippen LogP) is 2.08. The fourth-order valence-corrected chi connectivity index (χ4v) is 3.12. The van der Waals surface area contributed by atoms with E-state index in [0.29, 0.717) is 24.4 Å². The summed E-state index contributed by atoms with van der Waals surface area (Å²) in [5.74, 6) is -0.0304. The van der Waals surface area contributed by atoms with Gasteiger partial charge in [-0.05, 0) is 37.5 Å². The van der Waals surface area contributed by atoms with Crippen LogP contribution in [0.3, 0.4) is 0 Å². The Labute approximate surface area is 115 Å². The first-order valence-electron chi connectivity index (χ1n) is 7.53. The van der Waals surface area contributed by atoms with E-state index < -0.39 is 0 Å². The molecule has 0 aromatic carbocycles. The van der Waals surface area contributed by atoms with Crippen LogP contribution in [0.4, 0.5) is 0 Å². The molecule has 4 heteroatoms. The van der Waals surface area contributed by atoms with Gasteiger partial charge in [0.15, 0.2) is 0 Å². The first-order chi connectivity index (χ1) is 8.93. The molecule has 2 amide bonds. The van der Waals surface area contributed by atoms with Crippen molar-refractivity contribution in [3.05, 3.63) is 0 Å². The third kappa shape index (κ3) is 3.35. The number of nitrogens with one attached hydrogen (secondary N) is 1. The lowest BCUT2D eigenvalue weighted by Crippen LogP contribution is -2.45. The summed E-state index contributed by atoms with van der Waals surface area (Å²) >= 11 is 0. The van der Waals surface area contributed by atoms with Gasteiger partial charge in [0.25, 0.3) is 0 Å². The van der Waals surface area contributed by atoms with Crippen molar-refractivity contribution < 1.29 is 9.59 Å². The quantitative estimate of drug-likeness (QED) is 0.793. The number of likely N-dealkylation sites (tertiary alicyclic amines) is 1. The van der Waals surface area contributed by atoms with Crippen molar-refractivity contribution in [3.8, 4) is 0 Å². The van der Waals surface area contributed by atoms with Gasteiger partial charge in [-0.25, -0.2) is 0 Å². The topological polar surface area (TPSA) is 49.4 Å². The van der Waals surface area contributed by atoms with Gasteiger partial charge >= 0.3 is 0 Å². The number of hydrogen-bond acceptors (Lipinski definition) is 3. The van der Waals surface area contributed by atoms with E-state index in [1.165, 1.54) is 17.7 Å². The maximum Gasteiger partial charge on any atom is 0.246 e. The fourth-order valence-electron chi connectivity index (χ4n) is 3.12. The smallest absolute Gasteiger partial charge is 0.246 e. The number of imide groups is 1. The van der Waals surface area contributed by atoms with Crippen LogP contribution in [-0.2, 0) is 9.59 Å². The van der Waals surface area contributed by atoms with E-state index in [1.54, 1.807) is 0 Å². The second-order valence-corrected chi connectivity index (χ2v) is 6.75. The molecule has 2 rings (SSSR count). The minimum atomic E-state index is -0.273. The average molecular weight is 266 g/mol. The minimum absolute atomic E-state index is 0.0134. The number of carbonyl (C=O) groups is 2. The molecule has 4 nitrogen and oxygen atoms in total. The maximum atomic E-state index is 12.1. The molecule has 1 saturated carbocycles. The summed E-state index contributed by atoms with van der Waals surface area (Å²) in [5.41, 5.74) is 0.432. The van der Waals surface area contributed by atoms with Gasteiger partial charge in [-0.2, -0.15) is 0 Å². The highest BCUT2D eigenvalue weighted by atomic mass is 16.2. The van der Waals surface area contributed by atoms with Gasteiger partial charge in [0, 0.05) is 12.6 Å². The van der Waals surface area contributed by atoms with Crippen molar-refractivity contribution in [1.82, 2.24) is 10.2 Å². The third-order valence-electron chi connectivity index (χ3n) is 4.47. The Hall–Kier alpha value is -0.900. The Bertz CT molecular complexity index is 355. The summed E-state index contributed by atoms with van der Waals surface area (Å²) in [6, 6.07) is 0.126. The van der Waals surface area contributed by atoms with Crippen LogP contribution in [0.15, 0.2) is 0 Å². The van der Waals surface area contributed by atoms with E-state index in [0.717, 1.165) is 19.3 Å². The molecule has 1 aliphatic heterocycles. The second kappa shape index (κ2) is 5.61. The van der Waals surface area contributed by atoms with Gasteiger partial charge in [0.2, 0.25) is 11.8 Å². The molecule has 1 aliphatic carbocycles. The molecule has 0 radical (unpaired) electrons. The molecule has 1 heterocycles. The molecule has 1 unspecified atom stereocenters. The third-order valence-corrected chi connectivity index (χ3v) is 4.47. The second-order valence-electron chi connectivity index (χ2n) is 6.75. The van der Waals surface area contributed by atoms with Crippen molar-refractivity contribution in [2.75, 3.05) is 6.54 Å². The fraction of sp³-hybridized carbons (Fsp3) is 0.867. The van der Waals surface area contributed by atoms with Crippen molar-refractivity contribution in [1.29, 1.82) is 0 Å². The molecule has 1 atom stereocenters. The Morgan fingerprint density at radius 3 is 2.47 bits per heavy atom. The van der Waals surface area contributed by atoms with Crippen molar-refractivity contribution in [2.24, 2.45) is 5.41 Å². The molecule has 19 heavy (non-hydrogen) atoms. The summed E-state index contributed by atoms with van der Waals surface area (Å²) in [6.45, 7) is 7.16. The maximum absolute atomic E-state index is 12.1. The molecule has 2 fully saturated rings. The summed E-state index contributed by atoms with van der Waals surface area (Å²) in [7, 11) is 0. The molecule has 0 aromatic heterocycles. The van der Waals surface area contributed by atoms with Crippen LogP contribution in [0.25, 0.3) is 0 Å². The van der Waals surface area contributed by atoms with Crippen LogP contribution < -0.4 is 5.32 Å². The van der Waals surface area contributed by atoms with Crippen LogP contribution in [0.5, 0.6) is 0 Å². The number of amides is 2. The summed E-state index contributed by atoms with van der Waals surface area (Å²) in [4.78, 5) is 25.4. The molecule has 0 bridgehead atoms. The van der Waals surface area contributed by atoms with E-state index in [9.17, 15) is 9.59 Å². The zero-order chi connectivity index (χ0) is 14.0. The first-order valence-corrected chi connectivity index (χ1v) is 7.53.